The summed E-state index contributed by atoms with van der Waals surface area (Å²) < 4.78 is 5.26. The number of nitrogens with zero attached hydrogens (tertiary/aromatic N) is 1. The zero-order chi connectivity index (χ0) is 14.3. The SMILES string of the molecule is COc1cc([C@@]23CC[C@@H](O)C[C@@H]2N(C)CC3)ccc1O. The monoisotopic (exact) mass is 277 g/mol. The van der Waals surface area contributed by atoms with Crippen molar-refractivity contribution in [2.24, 2.45) is 0 Å². The van der Waals surface area contributed by atoms with Gasteiger partial charge < -0.3 is 19.8 Å². The highest BCUT2D eigenvalue weighted by Gasteiger charge is 2.50. The Labute approximate surface area is 120 Å². The number of benzene rings is 1. The van der Waals surface area contributed by atoms with Gasteiger partial charge in [-0.2, -0.15) is 0 Å². The van der Waals surface area contributed by atoms with Gasteiger partial charge in [0.2, 0.25) is 0 Å². The van der Waals surface area contributed by atoms with Gasteiger partial charge in [0.05, 0.1) is 13.2 Å². The smallest absolute Gasteiger partial charge is 0.160 e. The van der Waals surface area contributed by atoms with Crippen molar-refractivity contribution in [3.8, 4) is 11.5 Å². The first kappa shape index (κ1) is 13.7. The molecule has 2 aliphatic rings. The predicted octanol–water partition coefficient (Wildman–Crippen LogP) is 1.89. The van der Waals surface area contributed by atoms with Crippen molar-refractivity contribution in [2.75, 3.05) is 20.7 Å². The molecule has 1 aliphatic carbocycles. The Hall–Kier alpha value is -1.26. The van der Waals surface area contributed by atoms with Crippen molar-refractivity contribution in [2.45, 2.75) is 43.2 Å². The maximum atomic E-state index is 9.99. The average molecular weight is 277 g/mol. The van der Waals surface area contributed by atoms with Gasteiger partial charge in [-0.3, -0.25) is 0 Å². The molecule has 1 aliphatic heterocycles. The Morgan fingerprint density at radius 2 is 2.15 bits per heavy atom. The maximum absolute atomic E-state index is 9.99. The van der Waals surface area contributed by atoms with Crippen LogP contribution < -0.4 is 4.74 Å². The molecular weight excluding hydrogens is 254 g/mol. The number of hydrogen-bond acceptors (Lipinski definition) is 4. The normalized spacial score (nSPS) is 34.0. The lowest BCUT2D eigenvalue weighted by molar-refractivity contribution is 0.0566. The molecule has 0 spiro atoms. The van der Waals surface area contributed by atoms with E-state index < -0.39 is 0 Å². The Bertz CT molecular complexity index is 504. The number of methoxy groups -OCH3 is 1. The van der Waals surface area contributed by atoms with E-state index in [1.807, 2.05) is 12.1 Å². The summed E-state index contributed by atoms with van der Waals surface area (Å²) in [6, 6.07) is 6.09. The van der Waals surface area contributed by atoms with Crippen molar-refractivity contribution in [3.05, 3.63) is 23.8 Å². The number of aliphatic hydroxyl groups excluding tert-OH is 1. The number of phenols is 1. The Morgan fingerprint density at radius 3 is 2.90 bits per heavy atom. The summed E-state index contributed by atoms with van der Waals surface area (Å²) in [6.45, 7) is 1.06. The molecule has 0 bridgehead atoms. The molecule has 4 nitrogen and oxygen atoms in total. The van der Waals surface area contributed by atoms with Crippen LogP contribution >= 0.6 is 0 Å². The molecule has 1 heterocycles. The predicted molar refractivity (Wildman–Crippen MR) is 77.2 cm³/mol. The first-order valence-electron chi connectivity index (χ1n) is 7.32. The number of likely N-dealkylation sites (tertiary alicyclic amines) is 1. The molecule has 2 fully saturated rings. The number of aliphatic hydroxyl groups is 1. The minimum atomic E-state index is -0.187. The van der Waals surface area contributed by atoms with E-state index >= 15 is 0 Å². The quantitative estimate of drug-likeness (QED) is 0.867. The van der Waals surface area contributed by atoms with Crippen molar-refractivity contribution in [1.29, 1.82) is 0 Å². The molecule has 1 aromatic rings. The van der Waals surface area contributed by atoms with E-state index in [2.05, 4.69) is 11.9 Å². The molecule has 0 radical (unpaired) electrons. The molecular formula is C16H23NO3. The Balaban J connectivity index is 2.02. The standard InChI is InChI=1S/C16H23NO3/c1-17-8-7-16(6-5-12(18)10-15(16)17)11-3-4-13(19)14(9-11)20-2/h3-4,9,12,15,18-19H,5-8,10H2,1-2H3/t12-,15+,16+/m1/s1. The molecule has 4 heteroatoms. The van der Waals surface area contributed by atoms with Gasteiger partial charge >= 0.3 is 0 Å². The summed E-state index contributed by atoms with van der Waals surface area (Å²) >= 11 is 0. The molecule has 3 rings (SSSR count). The van der Waals surface area contributed by atoms with Crippen LogP contribution in [0.25, 0.3) is 0 Å². The van der Waals surface area contributed by atoms with Crippen molar-refractivity contribution in [1.82, 2.24) is 4.90 Å². The first-order chi connectivity index (χ1) is 9.56. The van der Waals surface area contributed by atoms with Crippen LogP contribution in [-0.2, 0) is 5.41 Å². The molecule has 20 heavy (non-hydrogen) atoms. The summed E-state index contributed by atoms with van der Waals surface area (Å²) in [4.78, 5) is 2.36. The van der Waals surface area contributed by atoms with Crippen LogP contribution in [0.15, 0.2) is 18.2 Å². The topological polar surface area (TPSA) is 52.9 Å². The second-order valence-corrected chi connectivity index (χ2v) is 6.22. The number of phenolic OH excluding ortho intramolecular Hbond substituents is 1. The number of fused-ring (bicyclic) bond motifs is 1. The maximum Gasteiger partial charge on any atom is 0.160 e. The van der Waals surface area contributed by atoms with Crippen LogP contribution in [0.2, 0.25) is 0 Å². The molecule has 0 amide bonds. The molecule has 1 aromatic carbocycles. The summed E-state index contributed by atoms with van der Waals surface area (Å²) in [5.41, 5.74) is 1.32. The van der Waals surface area contributed by atoms with Crippen molar-refractivity contribution in [3.63, 3.8) is 0 Å². The van der Waals surface area contributed by atoms with Crippen molar-refractivity contribution >= 4 is 0 Å². The van der Waals surface area contributed by atoms with E-state index in [1.165, 1.54) is 5.56 Å². The van der Waals surface area contributed by atoms with Crippen LogP contribution in [0.3, 0.4) is 0 Å². The fraction of sp³-hybridized carbons (Fsp3) is 0.625. The first-order valence-corrected chi connectivity index (χ1v) is 7.32. The van der Waals surface area contributed by atoms with Crippen LogP contribution in [0.4, 0.5) is 0 Å². The molecule has 1 saturated carbocycles. The van der Waals surface area contributed by atoms with Crippen molar-refractivity contribution < 1.29 is 14.9 Å². The van der Waals surface area contributed by atoms with Gasteiger partial charge in [0, 0.05) is 11.5 Å². The lowest BCUT2D eigenvalue weighted by atomic mass is 9.65. The highest BCUT2D eigenvalue weighted by Crippen LogP contribution is 2.49. The zero-order valence-corrected chi connectivity index (χ0v) is 12.2. The van der Waals surface area contributed by atoms with Crippen LogP contribution in [0.5, 0.6) is 11.5 Å². The number of likely N-dealkylation sites (N-methyl/N-ethyl adjacent to an activating group) is 1. The number of ether oxygens (including phenoxy) is 1. The summed E-state index contributed by atoms with van der Waals surface area (Å²) in [5.74, 6) is 0.725. The second-order valence-electron chi connectivity index (χ2n) is 6.22. The molecule has 0 aromatic heterocycles. The van der Waals surface area contributed by atoms with E-state index in [4.69, 9.17) is 4.74 Å². The van der Waals surface area contributed by atoms with Gasteiger partial charge in [0.15, 0.2) is 11.5 Å². The Kier molecular flexibility index (Phi) is 3.38. The molecule has 2 N–H and O–H groups in total. The second kappa shape index (κ2) is 4.93. The van der Waals surface area contributed by atoms with E-state index in [9.17, 15) is 10.2 Å². The fourth-order valence-electron chi connectivity index (χ4n) is 4.09. The van der Waals surface area contributed by atoms with E-state index in [1.54, 1.807) is 13.2 Å². The third kappa shape index (κ3) is 1.98. The molecule has 1 saturated heterocycles. The highest BCUT2D eigenvalue weighted by atomic mass is 16.5. The van der Waals surface area contributed by atoms with Crippen LogP contribution in [0, 0.1) is 0 Å². The van der Waals surface area contributed by atoms with Gasteiger partial charge in [-0.15, -0.1) is 0 Å². The van der Waals surface area contributed by atoms with E-state index in [0.717, 1.165) is 32.2 Å². The largest absolute Gasteiger partial charge is 0.504 e. The number of rotatable bonds is 2. The van der Waals surface area contributed by atoms with Gasteiger partial charge in [-0.25, -0.2) is 0 Å². The molecule has 0 unspecified atom stereocenters. The lowest BCUT2D eigenvalue weighted by Crippen LogP contribution is -2.47. The summed E-state index contributed by atoms with van der Waals surface area (Å²) in [5, 5.41) is 19.8. The van der Waals surface area contributed by atoms with Crippen LogP contribution in [0.1, 0.15) is 31.2 Å². The summed E-state index contributed by atoms with van der Waals surface area (Å²) in [6.07, 6.45) is 3.60. The minimum Gasteiger partial charge on any atom is -0.504 e. The van der Waals surface area contributed by atoms with Gasteiger partial charge in [0.1, 0.15) is 0 Å². The van der Waals surface area contributed by atoms with E-state index in [0.29, 0.717) is 11.8 Å². The third-order valence-electron chi connectivity index (χ3n) is 5.25. The van der Waals surface area contributed by atoms with Crippen LogP contribution in [-0.4, -0.2) is 48.0 Å². The third-order valence-corrected chi connectivity index (χ3v) is 5.25. The van der Waals surface area contributed by atoms with Gasteiger partial charge in [-0.1, -0.05) is 6.07 Å². The van der Waals surface area contributed by atoms with Gasteiger partial charge in [-0.05, 0) is 57.0 Å². The number of hydrogen-bond donors (Lipinski definition) is 2. The zero-order valence-electron chi connectivity index (χ0n) is 12.2. The Morgan fingerprint density at radius 1 is 1.35 bits per heavy atom. The lowest BCUT2D eigenvalue weighted by Gasteiger charge is -2.43. The molecule has 3 atom stereocenters. The average Bonchev–Trinajstić information content (AvgIpc) is 2.78. The van der Waals surface area contributed by atoms with Gasteiger partial charge in [0.25, 0.3) is 0 Å². The summed E-state index contributed by atoms with van der Waals surface area (Å²) in [7, 11) is 3.72. The number of aromatic hydroxyl groups is 1. The van der Waals surface area contributed by atoms with E-state index in [-0.39, 0.29) is 17.3 Å². The molecule has 110 valence electrons. The minimum absolute atomic E-state index is 0.0922. The fourth-order valence-corrected chi connectivity index (χ4v) is 4.09. The highest BCUT2D eigenvalue weighted by molar-refractivity contribution is 5.45.